The summed E-state index contributed by atoms with van der Waals surface area (Å²) in [5.74, 6) is 0. The predicted octanol–water partition coefficient (Wildman–Crippen LogP) is 3.70. The van der Waals surface area contributed by atoms with Crippen molar-refractivity contribution in [2.24, 2.45) is 0 Å². The van der Waals surface area contributed by atoms with Gasteiger partial charge >= 0.3 is 0 Å². The van der Waals surface area contributed by atoms with Crippen LogP contribution in [0.3, 0.4) is 0 Å². The van der Waals surface area contributed by atoms with Crippen molar-refractivity contribution in [2.45, 2.75) is 13.1 Å². The molecule has 0 radical (unpaired) electrons. The van der Waals surface area contributed by atoms with Gasteiger partial charge in [-0.1, -0.05) is 12.1 Å². The fourth-order valence-electron chi connectivity index (χ4n) is 2.06. The van der Waals surface area contributed by atoms with Gasteiger partial charge in [0.25, 0.3) is 0 Å². The quantitative estimate of drug-likeness (QED) is 0.768. The summed E-state index contributed by atoms with van der Waals surface area (Å²) in [7, 11) is 0. The van der Waals surface area contributed by atoms with Crippen LogP contribution in [0.2, 0.25) is 0 Å². The van der Waals surface area contributed by atoms with E-state index in [-0.39, 0.29) is 0 Å². The van der Waals surface area contributed by atoms with Gasteiger partial charge in [-0.25, -0.2) is 0 Å². The number of pyridine rings is 1. The molecule has 0 fully saturated rings. The molecule has 1 N–H and O–H groups in total. The fourth-order valence-corrected chi connectivity index (χ4v) is 2.30. The molecule has 0 amide bonds. The van der Waals surface area contributed by atoms with Crippen LogP contribution in [0.5, 0.6) is 0 Å². The lowest BCUT2D eigenvalue weighted by Crippen LogP contribution is -2.03. The predicted molar refractivity (Wildman–Crippen MR) is 87.0 cm³/mol. The number of anilines is 1. The smallest absolute Gasteiger partial charge is 0.0660 e. The van der Waals surface area contributed by atoms with Gasteiger partial charge in [0.15, 0.2) is 0 Å². The maximum absolute atomic E-state index is 4.35. The molecule has 2 aromatic heterocycles. The zero-order valence-corrected chi connectivity index (χ0v) is 13.0. The molecule has 106 valence electrons. The van der Waals surface area contributed by atoms with Crippen molar-refractivity contribution >= 4 is 21.6 Å². The van der Waals surface area contributed by atoms with Crippen LogP contribution in [0.4, 0.5) is 5.69 Å². The first-order chi connectivity index (χ1) is 10.3. The van der Waals surface area contributed by atoms with Gasteiger partial charge in [0.2, 0.25) is 0 Å². The van der Waals surface area contributed by atoms with Crippen LogP contribution < -0.4 is 5.32 Å². The second-order valence-corrected chi connectivity index (χ2v) is 5.64. The third-order valence-corrected chi connectivity index (χ3v) is 3.56. The Morgan fingerprint density at radius 1 is 1.14 bits per heavy atom. The summed E-state index contributed by atoms with van der Waals surface area (Å²) in [6, 6.07) is 14.3. The third-order valence-electron chi connectivity index (χ3n) is 3.09. The molecule has 0 saturated carbocycles. The van der Waals surface area contributed by atoms with Crippen molar-refractivity contribution < 1.29 is 0 Å². The van der Waals surface area contributed by atoms with Gasteiger partial charge in [0.05, 0.1) is 18.8 Å². The largest absolute Gasteiger partial charge is 0.379 e. The number of hydrogen-bond acceptors (Lipinski definition) is 3. The van der Waals surface area contributed by atoms with Gasteiger partial charge in [0.1, 0.15) is 0 Å². The van der Waals surface area contributed by atoms with Gasteiger partial charge < -0.3 is 5.32 Å². The molecular weight excluding hydrogens is 328 g/mol. The number of aromatic nitrogens is 3. The number of hydrogen-bond donors (Lipinski definition) is 1. The molecule has 0 aliphatic rings. The lowest BCUT2D eigenvalue weighted by molar-refractivity contribution is 0.687. The lowest BCUT2D eigenvalue weighted by atomic mass is 10.2. The molecule has 0 aliphatic carbocycles. The van der Waals surface area contributed by atoms with E-state index in [1.807, 2.05) is 35.3 Å². The summed E-state index contributed by atoms with van der Waals surface area (Å²) in [5, 5.41) is 7.62. The molecule has 4 nitrogen and oxygen atoms in total. The van der Waals surface area contributed by atoms with Crippen LogP contribution in [-0.4, -0.2) is 14.8 Å². The molecule has 0 spiro atoms. The van der Waals surface area contributed by atoms with Crippen molar-refractivity contribution in [1.82, 2.24) is 14.8 Å². The van der Waals surface area contributed by atoms with E-state index >= 15 is 0 Å². The Labute approximate surface area is 132 Å². The highest BCUT2D eigenvalue weighted by atomic mass is 79.9. The first-order valence-corrected chi connectivity index (χ1v) is 7.49. The summed E-state index contributed by atoms with van der Waals surface area (Å²) in [5.41, 5.74) is 3.31. The van der Waals surface area contributed by atoms with Crippen molar-refractivity contribution in [3.05, 3.63) is 76.8 Å². The summed E-state index contributed by atoms with van der Waals surface area (Å²) < 4.78 is 2.91. The highest BCUT2D eigenvalue weighted by Crippen LogP contribution is 2.13. The number of halogens is 1. The van der Waals surface area contributed by atoms with E-state index in [1.165, 1.54) is 5.56 Å². The van der Waals surface area contributed by atoms with E-state index in [1.54, 1.807) is 6.20 Å². The maximum Gasteiger partial charge on any atom is 0.0660 e. The Morgan fingerprint density at radius 2 is 2.10 bits per heavy atom. The van der Waals surface area contributed by atoms with Gasteiger partial charge in [-0.15, -0.1) is 0 Å². The van der Waals surface area contributed by atoms with Crippen LogP contribution in [0.1, 0.15) is 11.3 Å². The first kappa shape index (κ1) is 13.8. The molecule has 21 heavy (non-hydrogen) atoms. The Bertz CT molecular complexity index is 693. The molecule has 0 bridgehead atoms. The zero-order chi connectivity index (χ0) is 14.5. The fraction of sp³-hybridized carbons (Fsp3) is 0.125. The molecule has 1 aromatic carbocycles. The zero-order valence-electron chi connectivity index (χ0n) is 11.4. The summed E-state index contributed by atoms with van der Waals surface area (Å²) in [6.07, 6.45) is 5.57. The Balaban J connectivity index is 1.64. The molecule has 0 aliphatic heterocycles. The number of benzene rings is 1. The Morgan fingerprint density at radius 3 is 2.86 bits per heavy atom. The topological polar surface area (TPSA) is 42.7 Å². The average molecular weight is 343 g/mol. The maximum atomic E-state index is 4.35. The van der Waals surface area contributed by atoms with Crippen LogP contribution in [0, 0.1) is 0 Å². The summed E-state index contributed by atoms with van der Waals surface area (Å²) >= 11 is 3.39. The van der Waals surface area contributed by atoms with E-state index in [4.69, 9.17) is 0 Å². The van der Waals surface area contributed by atoms with Crippen molar-refractivity contribution in [1.29, 1.82) is 0 Å². The Hall–Kier alpha value is -2.14. The van der Waals surface area contributed by atoms with Gasteiger partial charge in [0, 0.05) is 28.8 Å². The van der Waals surface area contributed by atoms with Gasteiger partial charge in [-0.3, -0.25) is 9.67 Å². The third kappa shape index (κ3) is 3.92. The second-order valence-electron chi connectivity index (χ2n) is 4.73. The van der Waals surface area contributed by atoms with Crippen molar-refractivity contribution in [3.8, 4) is 0 Å². The molecule has 3 rings (SSSR count). The molecular formula is C16H15BrN4. The minimum Gasteiger partial charge on any atom is -0.379 e. The number of nitrogens with one attached hydrogen (secondary N) is 1. The second kappa shape index (κ2) is 6.54. The van der Waals surface area contributed by atoms with Crippen molar-refractivity contribution in [3.63, 3.8) is 0 Å². The average Bonchev–Trinajstić information content (AvgIpc) is 3.00. The number of rotatable bonds is 5. The molecule has 0 atom stereocenters. The monoisotopic (exact) mass is 342 g/mol. The molecule has 0 unspecified atom stereocenters. The van der Waals surface area contributed by atoms with Crippen LogP contribution >= 0.6 is 15.9 Å². The standard InChI is InChI=1S/C16H15BrN4/c17-14-5-6-16(18-10-14)11-19-15-4-1-3-13(9-15)12-21-8-2-7-20-21/h1-10,19H,11-12H2. The van der Waals surface area contributed by atoms with Crippen molar-refractivity contribution in [2.75, 3.05) is 5.32 Å². The molecule has 3 aromatic rings. The van der Waals surface area contributed by atoms with Crippen LogP contribution in [0.25, 0.3) is 0 Å². The highest BCUT2D eigenvalue weighted by molar-refractivity contribution is 9.10. The summed E-state index contributed by atoms with van der Waals surface area (Å²) in [6.45, 7) is 1.48. The first-order valence-electron chi connectivity index (χ1n) is 6.70. The SMILES string of the molecule is Brc1ccc(CNc2cccc(Cn3cccn3)c2)nc1. The van der Waals surface area contributed by atoms with E-state index in [0.29, 0.717) is 6.54 Å². The van der Waals surface area contributed by atoms with Crippen LogP contribution in [-0.2, 0) is 13.1 Å². The normalized spacial score (nSPS) is 10.5. The number of nitrogens with zero attached hydrogens (tertiary/aromatic N) is 3. The highest BCUT2D eigenvalue weighted by Gasteiger charge is 1.99. The minimum atomic E-state index is 0.707. The molecule has 5 heteroatoms. The van der Waals surface area contributed by atoms with Gasteiger partial charge in [-0.05, 0) is 51.8 Å². The van der Waals surface area contributed by atoms with E-state index in [9.17, 15) is 0 Å². The van der Waals surface area contributed by atoms with E-state index < -0.39 is 0 Å². The lowest BCUT2D eigenvalue weighted by Gasteiger charge is -2.08. The molecule has 0 saturated heterocycles. The van der Waals surface area contributed by atoms with Gasteiger partial charge in [-0.2, -0.15) is 5.10 Å². The Kier molecular flexibility index (Phi) is 4.31. The van der Waals surface area contributed by atoms with Crippen LogP contribution in [0.15, 0.2) is 65.5 Å². The van der Waals surface area contributed by atoms with E-state index in [2.05, 4.69) is 55.6 Å². The summed E-state index contributed by atoms with van der Waals surface area (Å²) in [4.78, 5) is 4.35. The van der Waals surface area contributed by atoms with E-state index in [0.717, 1.165) is 22.4 Å². The molecule has 2 heterocycles. The minimum absolute atomic E-state index is 0.707.